The molecule has 12 atom stereocenters. The van der Waals surface area contributed by atoms with E-state index in [9.17, 15) is 55.1 Å². The Morgan fingerprint density at radius 2 is 1.29 bits per heavy atom. The molecule has 2 bridgehead atoms. The number of likely N-dealkylation sites (N-methyl/N-ethyl adjacent to an activating group) is 7. The van der Waals surface area contributed by atoms with Gasteiger partial charge >= 0.3 is 12.4 Å². The van der Waals surface area contributed by atoms with Crippen LogP contribution in [0.25, 0.3) is 0 Å². The third-order valence-corrected chi connectivity index (χ3v) is 24.1. The monoisotopic (exact) mass is 1540 g/mol. The van der Waals surface area contributed by atoms with Gasteiger partial charge in [-0.15, -0.1) is 12.3 Å². The summed E-state index contributed by atoms with van der Waals surface area (Å²) in [7, 11) is 9.32. The number of carbonyl (C=O) groups is 12. The van der Waals surface area contributed by atoms with Crippen LogP contribution in [0, 0.1) is 59.2 Å². The van der Waals surface area contributed by atoms with E-state index in [0.29, 0.717) is 32.1 Å². The molecule has 24 nitrogen and oxygen atoms in total. The lowest BCUT2D eigenvalue weighted by atomic mass is 9.58. The van der Waals surface area contributed by atoms with Crippen LogP contribution in [0.4, 0.5) is 35.1 Å². The molecule has 4 saturated carbocycles. The number of hydrogen-bond acceptors (Lipinski definition) is 12. The zero-order chi connectivity index (χ0) is 80.6. The van der Waals surface area contributed by atoms with Crippen molar-refractivity contribution in [2.75, 3.05) is 82.1 Å². The summed E-state index contributed by atoms with van der Waals surface area (Å²) in [4.78, 5) is 191. The zero-order valence-electron chi connectivity index (χ0n) is 64.9. The summed E-state index contributed by atoms with van der Waals surface area (Å²) >= 11 is 0. The van der Waals surface area contributed by atoms with Crippen molar-refractivity contribution in [1.82, 2.24) is 60.0 Å². The van der Waals surface area contributed by atoms with E-state index in [1.165, 1.54) is 68.9 Å². The highest BCUT2D eigenvalue weighted by atomic mass is 19.4. The number of alkyl halides is 8. The third-order valence-electron chi connectivity index (χ3n) is 24.1. The van der Waals surface area contributed by atoms with Gasteiger partial charge in [-0.05, 0) is 145 Å². The second kappa shape index (κ2) is 36.5. The molecule has 2 unspecified atom stereocenters. The van der Waals surface area contributed by atoms with Crippen molar-refractivity contribution >= 4 is 70.9 Å². The first kappa shape index (κ1) is 87.6. The van der Waals surface area contributed by atoms with E-state index < -0.39 is 241 Å². The molecule has 4 aliphatic carbocycles. The highest BCUT2D eigenvalue weighted by molar-refractivity contribution is 6.01. The van der Waals surface area contributed by atoms with Gasteiger partial charge in [0, 0.05) is 75.4 Å². The number of rotatable bonds is 11. The molecule has 0 aromatic heterocycles. The van der Waals surface area contributed by atoms with Gasteiger partial charge in [0.2, 0.25) is 70.9 Å². The SMILES string of the molecule is C#CC[C@H]1C(=O)N[C@@H]([C@@H](C)CC)C(=O)N(C)CC(=O)N(C)[C@H]2C/C=C\CCN(C2=O)[C@@H](CC2CCC(C(F)(F)F)CC2)C(=O)N(C)CC(=O)N[C@@H](CCC2CC(F)C(C(F)(F)F)C(F)C2)C(=O)N2C[C@@H](C)C[C@H]2C(=O)NC2(CC(C)(C)C2)C(=O)N(C)[C@@H](C2CCCC2)C(=O)N(C)[C@H](C(=O)N(C)CC)CC(=O)N1C. The number of terminal acetylenes is 1. The maximum absolute atomic E-state index is 15.7. The Balaban J connectivity index is 1.33. The molecule has 12 amide bonds. The molecule has 7 aliphatic rings. The van der Waals surface area contributed by atoms with Gasteiger partial charge in [-0.25, -0.2) is 8.78 Å². The van der Waals surface area contributed by atoms with Crippen molar-refractivity contribution < 1.29 is 92.7 Å². The van der Waals surface area contributed by atoms with Gasteiger partial charge in [0.05, 0.1) is 25.4 Å². The van der Waals surface area contributed by atoms with Crippen LogP contribution in [0.3, 0.4) is 0 Å². The second-order valence-corrected chi connectivity index (χ2v) is 32.7. The Kier molecular flexibility index (Phi) is 29.6. The molecule has 606 valence electrons. The average Bonchev–Trinajstić information content (AvgIpc) is 1.11. The topological polar surface area (TPSA) is 270 Å². The second-order valence-electron chi connectivity index (χ2n) is 32.7. The van der Waals surface area contributed by atoms with Crippen molar-refractivity contribution in [3.63, 3.8) is 0 Å². The predicted molar refractivity (Wildman–Crippen MR) is 383 cm³/mol. The number of hydrogen-bond donors (Lipinski definition) is 3. The molecule has 32 heteroatoms. The van der Waals surface area contributed by atoms with E-state index in [0.717, 1.165) is 24.5 Å². The fourth-order valence-electron chi connectivity index (χ4n) is 17.6. The number of nitrogens with zero attached hydrogens (tertiary/aromatic N) is 9. The first-order chi connectivity index (χ1) is 50.4. The number of carbonyl (C=O) groups excluding carboxylic acids is 12. The molecular formula is C76H114F8N12O12. The maximum Gasteiger partial charge on any atom is 0.397 e. The fourth-order valence-corrected chi connectivity index (χ4v) is 17.6. The van der Waals surface area contributed by atoms with Gasteiger partial charge in [-0.3, -0.25) is 57.5 Å². The summed E-state index contributed by atoms with van der Waals surface area (Å²) in [5.74, 6) is -15.1. The number of halogens is 8. The predicted octanol–water partition coefficient (Wildman–Crippen LogP) is 6.59. The Morgan fingerprint density at radius 1 is 0.676 bits per heavy atom. The van der Waals surface area contributed by atoms with Gasteiger partial charge in [0.1, 0.15) is 72.1 Å². The molecule has 2 saturated heterocycles. The molecule has 108 heavy (non-hydrogen) atoms. The Bertz CT molecular complexity index is 3340. The van der Waals surface area contributed by atoms with E-state index in [4.69, 9.17) is 6.42 Å². The quantitative estimate of drug-likeness (QED) is 0.112. The molecule has 0 radical (unpaired) electrons. The van der Waals surface area contributed by atoms with Crippen molar-refractivity contribution in [2.24, 2.45) is 46.8 Å². The van der Waals surface area contributed by atoms with Crippen LogP contribution in [-0.4, -0.2) is 276 Å². The largest absolute Gasteiger partial charge is 0.397 e. The molecule has 3 aliphatic heterocycles. The highest BCUT2D eigenvalue weighted by Crippen LogP contribution is 2.50. The van der Waals surface area contributed by atoms with Crippen LogP contribution >= 0.6 is 0 Å². The Morgan fingerprint density at radius 3 is 1.85 bits per heavy atom. The van der Waals surface area contributed by atoms with E-state index in [1.54, 1.807) is 39.8 Å². The van der Waals surface area contributed by atoms with Crippen LogP contribution in [0.5, 0.6) is 0 Å². The first-order valence-corrected chi connectivity index (χ1v) is 38.2. The minimum absolute atomic E-state index is 0.00443. The molecule has 0 aromatic rings. The summed E-state index contributed by atoms with van der Waals surface area (Å²) in [5.41, 5.74) is -2.33. The van der Waals surface area contributed by atoms with Crippen LogP contribution in [0.15, 0.2) is 12.2 Å². The molecule has 3 heterocycles. The van der Waals surface area contributed by atoms with E-state index in [1.807, 2.05) is 13.8 Å². The van der Waals surface area contributed by atoms with Gasteiger partial charge in [0.25, 0.3) is 0 Å². The van der Waals surface area contributed by atoms with E-state index in [-0.39, 0.29) is 90.3 Å². The van der Waals surface area contributed by atoms with Crippen molar-refractivity contribution in [1.29, 1.82) is 0 Å². The lowest BCUT2D eigenvalue weighted by molar-refractivity contribution is -0.219. The number of amides is 12. The van der Waals surface area contributed by atoms with Crippen LogP contribution in [-0.2, 0) is 57.5 Å². The lowest BCUT2D eigenvalue weighted by Crippen LogP contribution is -2.71. The lowest BCUT2D eigenvalue weighted by Gasteiger charge is -2.54. The first-order valence-electron chi connectivity index (χ1n) is 38.2. The van der Waals surface area contributed by atoms with Crippen LogP contribution < -0.4 is 16.0 Å². The summed E-state index contributed by atoms with van der Waals surface area (Å²) in [6.45, 7) is 8.84. The zero-order valence-corrected chi connectivity index (χ0v) is 64.9. The minimum Gasteiger partial charge on any atom is -0.344 e. The van der Waals surface area contributed by atoms with Gasteiger partial charge in [-0.2, -0.15) is 26.3 Å². The Labute approximate surface area is 629 Å². The van der Waals surface area contributed by atoms with E-state index >= 15 is 37.5 Å². The molecule has 3 N–H and O–H groups in total. The molecule has 1 spiro atoms. The standard InChI is InChI=1S/C76H114F8N12O12/c1-15-23-53-64(100)86-62(45(5)16-2)70(106)90(10)41-60(99)92(12)54-26-19-18-22-33-95(69(54)105)57(37-46-27-30-49(31-28-46)75(79,80)81)68(104)89(9)40-58(97)85-52(32-29-47-35-50(77)61(51(78)36-47)76(82,83)84)66(102)96-39-44(4)34-55(96)65(101)87-74(42-73(6,7)43-74)72(108)94(14)63(48-24-20-21-25-48)71(107)93(13)56(38-59(98)91(53)11)67(103)88(8)17-3/h1,18-19,44-57,61-63H,16-17,20-43H2,2-14H3,(H,85,97)(H,86,100)(H,87,101)/b19-18-/t44-,45-,46?,47?,49?,50?,51?,52-,53-,54-,55-,56-,57-,61?,62-,63-/m0/s1. The number of fused-ring (bicyclic) bond motifs is 3. The normalized spacial score (nSPS) is 32.3. The van der Waals surface area contributed by atoms with Crippen LogP contribution in [0.2, 0.25) is 0 Å². The van der Waals surface area contributed by atoms with Crippen molar-refractivity contribution in [3.05, 3.63) is 12.2 Å². The maximum atomic E-state index is 15.7. The molecular weight excluding hydrogens is 1420 g/mol. The highest BCUT2D eigenvalue weighted by Gasteiger charge is 2.60. The summed E-state index contributed by atoms with van der Waals surface area (Å²) in [6, 6.07) is -11.6. The molecule has 6 fully saturated rings. The minimum atomic E-state index is -5.21. The van der Waals surface area contributed by atoms with E-state index in [2.05, 4.69) is 21.9 Å². The molecule has 7 rings (SSSR count). The van der Waals surface area contributed by atoms with Gasteiger partial charge < -0.3 is 60.0 Å². The van der Waals surface area contributed by atoms with Gasteiger partial charge in [-0.1, -0.05) is 66.0 Å². The fraction of sp³-hybridized carbons (Fsp3) is 0.789. The van der Waals surface area contributed by atoms with Crippen molar-refractivity contribution in [3.8, 4) is 12.3 Å². The number of nitrogens with one attached hydrogen (secondary N) is 3. The summed E-state index contributed by atoms with van der Waals surface area (Å²) < 4.78 is 115. The Hall–Kier alpha value is -7.62. The van der Waals surface area contributed by atoms with Crippen LogP contribution in [0.1, 0.15) is 176 Å². The third kappa shape index (κ3) is 20.7. The molecule has 0 aromatic carbocycles. The summed E-state index contributed by atoms with van der Waals surface area (Å²) in [5, 5.41) is 8.38. The summed E-state index contributed by atoms with van der Waals surface area (Å²) in [6.07, 6.45) is -7.35. The average molecular weight is 1540 g/mol. The van der Waals surface area contributed by atoms with Gasteiger partial charge in [0.15, 0.2) is 0 Å². The smallest absolute Gasteiger partial charge is 0.344 e. The van der Waals surface area contributed by atoms with Crippen molar-refractivity contribution in [2.45, 2.75) is 255 Å².